The van der Waals surface area contributed by atoms with E-state index in [2.05, 4.69) is 5.10 Å². The lowest BCUT2D eigenvalue weighted by Gasteiger charge is -2.28. The molecule has 7 nitrogen and oxygen atoms in total. The quantitative estimate of drug-likeness (QED) is 0.777. The molecule has 1 aromatic heterocycles. The molecule has 4 rings (SSSR count). The number of fused-ring (bicyclic) bond motifs is 2. The Bertz CT molecular complexity index is 827. The summed E-state index contributed by atoms with van der Waals surface area (Å²) >= 11 is 0. The molecule has 0 bridgehead atoms. The molecule has 0 radical (unpaired) electrons. The zero-order valence-electron chi connectivity index (χ0n) is 13.3. The average molecular weight is 327 g/mol. The summed E-state index contributed by atoms with van der Waals surface area (Å²) in [5.41, 5.74) is 2.77. The minimum absolute atomic E-state index is 0.0548. The van der Waals surface area contributed by atoms with E-state index in [1.807, 2.05) is 12.1 Å². The molecule has 0 N–H and O–H groups in total. The van der Waals surface area contributed by atoms with Crippen molar-refractivity contribution in [3.05, 3.63) is 46.8 Å². The second kappa shape index (κ2) is 5.67. The number of benzene rings is 1. The predicted molar refractivity (Wildman–Crippen MR) is 83.9 cm³/mol. The second-order valence-corrected chi connectivity index (χ2v) is 5.85. The maximum absolute atomic E-state index is 12.9. The van der Waals surface area contributed by atoms with E-state index < -0.39 is 5.97 Å². The number of aromatic nitrogens is 2. The molecule has 0 saturated heterocycles. The number of methoxy groups -OCH3 is 1. The molecule has 0 atom stereocenters. The van der Waals surface area contributed by atoms with E-state index in [9.17, 15) is 9.59 Å². The average Bonchev–Trinajstić information content (AvgIpc) is 3.25. The molecule has 1 amide bonds. The molecule has 7 heteroatoms. The van der Waals surface area contributed by atoms with Gasteiger partial charge >= 0.3 is 5.97 Å². The van der Waals surface area contributed by atoms with Gasteiger partial charge in [0.05, 0.1) is 38.1 Å². The molecule has 2 aliphatic rings. The summed E-state index contributed by atoms with van der Waals surface area (Å²) in [5.74, 6) is 0.182. The van der Waals surface area contributed by atoms with Crippen LogP contribution in [0.25, 0.3) is 0 Å². The van der Waals surface area contributed by atoms with Gasteiger partial charge < -0.3 is 14.4 Å². The van der Waals surface area contributed by atoms with Gasteiger partial charge in [-0.25, -0.2) is 4.79 Å². The molecule has 0 aliphatic carbocycles. The van der Waals surface area contributed by atoms with Gasteiger partial charge in [0.1, 0.15) is 5.75 Å². The molecule has 1 aromatic carbocycles. The van der Waals surface area contributed by atoms with Gasteiger partial charge in [-0.1, -0.05) is 12.1 Å². The van der Waals surface area contributed by atoms with Gasteiger partial charge in [-0.2, -0.15) is 5.10 Å². The number of hydrogen-bond acceptors (Lipinski definition) is 5. The maximum Gasteiger partial charge on any atom is 0.358 e. The highest BCUT2D eigenvalue weighted by molar-refractivity contribution is 5.97. The lowest BCUT2D eigenvalue weighted by atomic mass is 10.1. The van der Waals surface area contributed by atoms with E-state index in [1.54, 1.807) is 21.7 Å². The number of hydrogen-bond donors (Lipinski definition) is 0. The number of amides is 1. The van der Waals surface area contributed by atoms with E-state index in [-0.39, 0.29) is 11.6 Å². The van der Waals surface area contributed by atoms with Crippen LogP contribution in [0.3, 0.4) is 0 Å². The standard InChI is InChI=1S/C17H17N3O4/c1-23-17(22)14-9-12-10-19(6-7-20(12)18-14)16(21)13-4-2-3-11-5-8-24-15(11)13/h2-4,9H,5-8,10H2,1H3. The zero-order chi connectivity index (χ0) is 16.7. The van der Waals surface area contributed by atoms with E-state index in [4.69, 9.17) is 9.47 Å². The first-order valence-corrected chi connectivity index (χ1v) is 7.86. The second-order valence-electron chi connectivity index (χ2n) is 5.85. The van der Waals surface area contributed by atoms with Crippen molar-refractivity contribution in [2.75, 3.05) is 20.3 Å². The Hall–Kier alpha value is -2.83. The fraction of sp³-hybridized carbons (Fsp3) is 0.353. The topological polar surface area (TPSA) is 73.7 Å². The molecule has 3 heterocycles. The van der Waals surface area contributed by atoms with Crippen molar-refractivity contribution in [1.82, 2.24) is 14.7 Å². The van der Waals surface area contributed by atoms with Crippen LogP contribution in [-0.4, -0.2) is 46.8 Å². The van der Waals surface area contributed by atoms with Crippen molar-refractivity contribution < 1.29 is 19.1 Å². The van der Waals surface area contributed by atoms with Gasteiger partial charge in [0.25, 0.3) is 5.91 Å². The van der Waals surface area contributed by atoms with Crippen LogP contribution in [0, 0.1) is 0 Å². The summed E-state index contributed by atoms with van der Waals surface area (Å²) in [4.78, 5) is 26.3. The third kappa shape index (κ3) is 2.33. The Balaban J connectivity index is 1.59. The van der Waals surface area contributed by atoms with E-state index in [1.165, 1.54) is 7.11 Å². The van der Waals surface area contributed by atoms with Gasteiger partial charge in [0, 0.05) is 13.0 Å². The Morgan fingerprint density at radius 3 is 3.00 bits per heavy atom. The van der Waals surface area contributed by atoms with Crippen molar-refractivity contribution in [1.29, 1.82) is 0 Å². The van der Waals surface area contributed by atoms with Gasteiger partial charge in [-0.05, 0) is 17.7 Å². The van der Waals surface area contributed by atoms with Crippen LogP contribution < -0.4 is 4.74 Å². The van der Waals surface area contributed by atoms with E-state index in [0.717, 1.165) is 17.7 Å². The van der Waals surface area contributed by atoms with Crippen molar-refractivity contribution in [3.63, 3.8) is 0 Å². The molecule has 0 saturated carbocycles. The summed E-state index contributed by atoms with van der Waals surface area (Å²) in [6.07, 6.45) is 0.839. The summed E-state index contributed by atoms with van der Waals surface area (Å²) in [7, 11) is 1.33. The molecule has 0 fully saturated rings. The maximum atomic E-state index is 12.9. The Morgan fingerprint density at radius 2 is 2.17 bits per heavy atom. The summed E-state index contributed by atoms with van der Waals surface area (Å²) in [6, 6.07) is 7.37. The van der Waals surface area contributed by atoms with Crippen LogP contribution in [0.2, 0.25) is 0 Å². The molecule has 0 unspecified atom stereocenters. The Kier molecular flexibility index (Phi) is 3.48. The van der Waals surface area contributed by atoms with Crippen molar-refractivity contribution in [2.24, 2.45) is 0 Å². The highest BCUT2D eigenvalue weighted by atomic mass is 16.5. The van der Waals surface area contributed by atoms with Gasteiger partial charge in [0.15, 0.2) is 5.69 Å². The minimum Gasteiger partial charge on any atom is -0.492 e. The first kappa shape index (κ1) is 14.7. The highest BCUT2D eigenvalue weighted by Gasteiger charge is 2.28. The SMILES string of the molecule is COC(=O)c1cc2n(n1)CCN(C(=O)c1cccc3c1OCC3)C2. The monoisotopic (exact) mass is 327 g/mol. The number of carbonyl (C=O) groups excluding carboxylic acids is 2. The Morgan fingerprint density at radius 1 is 1.29 bits per heavy atom. The Labute approximate surface area is 138 Å². The van der Waals surface area contributed by atoms with Gasteiger partial charge in [0.2, 0.25) is 0 Å². The number of para-hydroxylation sites is 1. The number of esters is 1. The minimum atomic E-state index is -0.468. The molecule has 24 heavy (non-hydrogen) atoms. The fourth-order valence-corrected chi connectivity index (χ4v) is 3.20. The lowest BCUT2D eigenvalue weighted by molar-refractivity contribution is 0.0591. The number of carbonyl (C=O) groups is 2. The summed E-state index contributed by atoms with van der Waals surface area (Å²) < 4.78 is 12.1. The predicted octanol–water partition coefficient (Wildman–Crippen LogP) is 1.26. The van der Waals surface area contributed by atoms with E-state index >= 15 is 0 Å². The summed E-state index contributed by atoms with van der Waals surface area (Å²) in [6.45, 7) is 2.12. The van der Waals surface area contributed by atoms with Crippen LogP contribution in [0.1, 0.15) is 32.1 Å². The molecule has 2 aromatic rings. The normalized spacial score (nSPS) is 15.5. The molecular weight excluding hydrogens is 310 g/mol. The largest absolute Gasteiger partial charge is 0.492 e. The molecular formula is C17H17N3O4. The van der Waals surface area contributed by atoms with Gasteiger partial charge in [-0.15, -0.1) is 0 Å². The lowest BCUT2D eigenvalue weighted by Crippen LogP contribution is -2.38. The van der Waals surface area contributed by atoms with Crippen molar-refractivity contribution in [2.45, 2.75) is 19.5 Å². The molecule has 0 spiro atoms. The first-order chi connectivity index (χ1) is 11.7. The molecule has 2 aliphatic heterocycles. The highest BCUT2D eigenvalue weighted by Crippen LogP contribution is 2.31. The van der Waals surface area contributed by atoms with Crippen LogP contribution in [0.15, 0.2) is 24.3 Å². The first-order valence-electron chi connectivity index (χ1n) is 7.86. The zero-order valence-corrected chi connectivity index (χ0v) is 13.3. The van der Waals surface area contributed by atoms with E-state index in [0.29, 0.717) is 37.6 Å². The number of nitrogens with zero attached hydrogens (tertiary/aromatic N) is 3. The number of rotatable bonds is 2. The smallest absolute Gasteiger partial charge is 0.358 e. The van der Waals surface area contributed by atoms with Crippen LogP contribution >= 0.6 is 0 Å². The fourth-order valence-electron chi connectivity index (χ4n) is 3.20. The van der Waals surface area contributed by atoms with Crippen molar-refractivity contribution >= 4 is 11.9 Å². The van der Waals surface area contributed by atoms with Crippen LogP contribution in [0.4, 0.5) is 0 Å². The van der Waals surface area contributed by atoms with Crippen molar-refractivity contribution in [3.8, 4) is 5.75 Å². The van der Waals surface area contributed by atoms with Gasteiger partial charge in [-0.3, -0.25) is 9.48 Å². The molecule has 124 valence electrons. The summed E-state index contributed by atoms with van der Waals surface area (Å²) in [5, 5.41) is 4.23. The van der Waals surface area contributed by atoms with Crippen LogP contribution in [-0.2, 0) is 24.2 Å². The third-order valence-corrected chi connectivity index (χ3v) is 4.42. The third-order valence-electron chi connectivity index (χ3n) is 4.42. The number of ether oxygens (including phenoxy) is 2. The van der Waals surface area contributed by atoms with Crippen LogP contribution in [0.5, 0.6) is 5.75 Å².